The lowest BCUT2D eigenvalue weighted by Crippen LogP contribution is -2.36. The second-order valence-electron chi connectivity index (χ2n) is 5.38. The first kappa shape index (κ1) is 13.4. The van der Waals surface area contributed by atoms with Crippen molar-refractivity contribution < 1.29 is 0 Å². The van der Waals surface area contributed by atoms with E-state index in [1.54, 1.807) is 0 Å². The van der Waals surface area contributed by atoms with E-state index >= 15 is 0 Å². The molecule has 0 aromatic heterocycles. The summed E-state index contributed by atoms with van der Waals surface area (Å²) in [5, 5.41) is 3.62. The number of hydrogen-bond acceptors (Lipinski definition) is 2. The smallest absolute Gasteiger partial charge is 0.0363 e. The molecule has 1 aromatic rings. The second-order valence-corrected chi connectivity index (χ2v) is 5.38. The Labute approximate surface area is 111 Å². The Hall–Kier alpha value is -1.02. The van der Waals surface area contributed by atoms with Crippen LogP contribution in [0.15, 0.2) is 24.3 Å². The summed E-state index contributed by atoms with van der Waals surface area (Å²) in [4.78, 5) is 2.37. The fourth-order valence-electron chi connectivity index (χ4n) is 2.64. The monoisotopic (exact) mass is 246 g/mol. The number of piperidine rings is 1. The Kier molecular flexibility index (Phi) is 5.06. The fraction of sp³-hybridized carbons (Fsp3) is 0.625. The third-order valence-corrected chi connectivity index (χ3v) is 4.01. The maximum absolute atomic E-state index is 3.62. The van der Waals surface area contributed by atoms with Crippen LogP contribution in [0.3, 0.4) is 0 Å². The summed E-state index contributed by atoms with van der Waals surface area (Å²) >= 11 is 0. The zero-order valence-corrected chi connectivity index (χ0v) is 11.8. The van der Waals surface area contributed by atoms with Gasteiger partial charge < -0.3 is 10.2 Å². The second kappa shape index (κ2) is 6.79. The number of rotatable bonds is 5. The quantitative estimate of drug-likeness (QED) is 0.858. The third kappa shape index (κ3) is 3.74. The van der Waals surface area contributed by atoms with Crippen molar-refractivity contribution in [2.45, 2.75) is 45.1 Å². The highest BCUT2D eigenvalue weighted by Gasteiger charge is 2.12. The van der Waals surface area contributed by atoms with Crippen LogP contribution in [0.5, 0.6) is 0 Å². The zero-order valence-electron chi connectivity index (χ0n) is 11.8. The number of nitrogens with one attached hydrogen (secondary N) is 1. The van der Waals surface area contributed by atoms with E-state index in [9.17, 15) is 0 Å². The highest BCUT2D eigenvalue weighted by molar-refractivity contribution is 5.46. The summed E-state index contributed by atoms with van der Waals surface area (Å²) in [6.45, 7) is 4.55. The molecule has 2 rings (SSSR count). The molecule has 1 atom stereocenters. The molecule has 1 saturated heterocycles. The molecule has 2 nitrogen and oxygen atoms in total. The summed E-state index contributed by atoms with van der Waals surface area (Å²) in [5.41, 5.74) is 2.75. The predicted molar refractivity (Wildman–Crippen MR) is 79.3 cm³/mol. The van der Waals surface area contributed by atoms with Gasteiger partial charge in [0, 0.05) is 25.3 Å². The molecule has 1 aromatic carbocycles. The van der Waals surface area contributed by atoms with Crippen LogP contribution in [0.25, 0.3) is 0 Å². The standard InChI is InChI=1S/C16H26N2/c1-3-14-7-9-16(10-8-14)18(2)13-11-15-6-4-5-12-17-15/h7-10,15,17H,3-6,11-13H2,1-2H3. The van der Waals surface area contributed by atoms with E-state index < -0.39 is 0 Å². The number of hydrogen-bond donors (Lipinski definition) is 1. The SMILES string of the molecule is CCc1ccc(N(C)CCC2CCCCN2)cc1. The molecule has 1 N–H and O–H groups in total. The molecule has 0 radical (unpaired) electrons. The lowest BCUT2D eigenvalue weighted by Gasteiger charge is -2.27. The molecule has 1 aliphatic rings. The van der Waals surface area contributed by atoms with Crippen LogP contribution in [-0.4, -0.2) is 26.2 Å². The minimum atomic E-state index is 0.733. The van der Waals surface area contributed by atoms with Gasteiger partial charge in [-0.2, -0.15) is 0 Å². The van der Waals surface area contributed by atoms with Crippen molar-refractivity contribution in [3.05, 3.63) is 29.8 Å². The molecule has 2 heteroatoms. The van der Waals surface area contributed by atoms with Gasteiger partial charge in [-0.25, -0.2) is 0 Å². The van der Waals surface area contributed by atoms with Gasteiger partial charge in [0.2, 0.25) is 0 Å². The number of anilines is 1. The molecular weight excluding hydrogens is 220 g/mol. The van der Waals surface area contributed by atoms with Crippen molar-refractivity contribution in [2.24, 2.45) is 0 Å². The molecule has 18 heavy (non-hydrogen) atoms. The van der Waals surface area contributed by atoms with Gasteiger partial charge in [-0.05, 0) is 49.9 Å². The van der Waals surface area contributed by atoms with E-state index in [1.807, 2.05) is 0 Å². The van der Waals surface area contributed by atoms with E-state index in [2.05, 4.69) is 48.5 Å². The summed E-state index contributed by atoms with van der Waals surface area (Å²) in [6.07, 6.45) is 6.47. The topological polar surface area (TPSA) is 15.3 Å². The molecule has 0 bridgehead atoms. The van der Waals surface area contributed by atoms with Crippen molar-refractivity contribution in [3.63, 3.8) is 0 Å². The highest BCUT2D eigenvalue weighted by Crippen LogP contribution is 2.16. The molecule has 0 spiro atoms. The number of nitrogens with zero attached hydrogens (tertiary/aromatic N) is 1. The van der Waals surface area contributed by atoms with Gasteiger partial charge in [-0.3, -0.25) is 0 Å². The molecule has 1 aliphatic heterocycles. The van der Waals surface area contributed by atoms with Crippen molar-refractivity contribution in [3.8, 4) is 0 Å². The number of aryl methyl sites for hydroxylation is 1. The largest absolute Gasteiger partial charge is 0.375 e. The van der Waals surface area contributed by atoms with E-state index in [0.29, 0.717) is 0 Å². The van der Waals surface area contributed by atoms with Crippen LogP contribution < -0.4 is 10.2 Å². The molecule has 1 unspecified atom stereocenters. The van der Waals surface area contributed by atoms with Gasteiger partial charge in [0.15, 0.2) is 0 Å². The van der Waals surface area contributed by atoms with E-state index in [-0.39, 0.29) is 0 Å². The summed E-state index contributed by atoms with van der Waals surface area (Å²) < 4.78 is 0. The van der Waals surface area contributed by atoms with Gasteiger partial charge in [0.25, 0.3) is 0 Å². The molecule has 100 valence electrons. The first-order valence-electron chi connectivity index (χ1n) is 7.33. The normalized spacial score (nSPS) is 19.8. The van der Waals surface area contributed by atoms with Crippen molar-refractivity contribution >= 4 is 5.69 Å². The van der Waals surface area contributed by atoms with Crippen LogP contribution in [0.4, 0.5) is 5.69 Å². The zero-order chi connectivity index (χ0) is 12.8. The van der Waals surface area contributed by atoms with Gasteiger partial charge in [0.1, 0.15) is 0 Å². The molecular formula is C16H26N2. The van der Waals surface area contributed by atoms with E-state index in [1.165, 1.54) is 43.5 Å². The van der Waals surface area contributed by atoms with Crippen molar-refractivity contribution in [1.29, 1.82) is 0 Å². The fourth-order valence-corrected chi connectivity index (χ4v) is 2.64. The molecule has 0 saturated carbocycles. The van der Waals surface area contributed by atoms with Crippen LogP contribution >= 0.6 is 0 Å². The van der Waals surface area contributed by atoms with Gasteiger partial charge in [-0.1, -0.05) is 25.5 Å². The third-order valence-electron chi connectivity index (χ3n) is 4.01. The Morgan fingerprint density at radius 1 is 1.22 bits per heavy atom. The van der Waals surface area contributed by atoms with Crippen molar-refractivity contribution in [1.82, 2.24) is 5.32 Å². The Balaban J connectivity index is 1.80. The average Bonchev–Trinajstić information content (AvgIpc) is 2.46. The first-order chi connectivity index (χ1) is 8.79. The molecule has 1 heterocycles. The summed E-state index contributed by atoms with van der Waals surface area (Å²) in [7, 11) is 2.20. The van der Waals surface area contributed by atoms with Gasteiger partial charge >= 0.3 is 0 Å². The van der Waals surface area contributed by atoms with Crippen LogP contribution in [0.1, 0.15) is 38.2 Å². The Bertz CT molecular complexity index is 339. The predicted octanol–water partition coefficient (Wildman–Crippen LogP) is 3.22. The van der Waals surface area contributed by atoms with Crippen LogP contribution in [0.2, 0.25) is 0 Å². The van der Waals surface area contributed by atoms with E-state index in [4.69, 9.17) is 0 Å². The van der Waals surface area contributed by atoms with E-state index in [0.717, 1.165) is 19.0 Å². The van der Waals surface area contributed by atoms with Gasteiger partial charge in [0.05, 0.1) is 0 Å². The highest BCUT2D eigenvalue weighted by atomic mass is 15.1. The van der Waals surface area contributed by atoms with Crippen LogP contribution in [-0.2, 0) is 6.42 Å². The lowest BCUT2D eigenvalue weighted by atomic mass is 10.0. The molecule has 1 fully saturated rings. The molecule has 0 amide bonds. The summed E-state index contributed by atoms with van der Waals surface area (Å²) in [5.74, 6) is 0. The Morgan fingerprint density at radius 2 is 2.00 bits per heavy atom. The lowest BCUT2D eigenvalue weighted by molar-refractivity contribution is 0.384. The number of benzene rings is 1. The minimum Gasteiger partial charge on any atom is -0.375 e. The maximum Gasteiger partial charge on any atom is 0.0363 e. The minimum absolute atomic E-state index is 0.733. The maximum atomic E-state index is 3.62. The molecule has 0 aliphatic carbocycles. The van der Waals surface area contributed by atoms with Gasteiger partial charge in [-0.15, -0.1) is 0 Å². The first-order valence-corrected chi connectivity index (χ1v) is 7.33. The Morgan fingerprint density at radius 3 is 2.61 bits per heavy atom. The average molecular weight is 246 g/mol. The van der Waals surface area contributed by atoms with Crippen LogP contribution in [0, 0.1) is 0 Å². The summed E-state index contributed by atoms with van der Waals surface area (Å²) in [6, 6.07) is 9.70. The van der Waals surface area contributed by atoms with Crippen molar-refractivity contribution in [2.75, 3.05) is 25.0 Å².